The quantitative estimate of drug-likeness (QED) is 0.746. The highest BCUT2D eigenvalue weighted by Crippen LogP contribution is 2.36. The summed E-state index contributed by atoms with van der Waals surface area (Å²) in [6.07, 6.45) is 5.25. The summed E-state index contributed by atoms with van der Waals surface area (Å²) in [7, 11) is 1.82. The smallest absolute Gasteiger partial charge is 0.0571 e. The van der Waals surface area contributed by atoms with Gasteiger partial charge in [-0.15, -0.1) is 0 Å². The maximum Gasteiger partial charge on any atom is 0.0571 e. The molecule has 94 valence electrons. The number of rotatable bonds is 2. The molecule has 0 atom stereocenters. The number of ether oxygens (including phenoxy) is 1. The van der Waals surface area contributed by atoms with Gasteiger partial charge in [0.05, 0.1) is 6.10 Å². The van der Waals surface area contributed by atoms with Crippen molar-refractivity contribution in [1.29, 1.82) is 0 Å². The Morgan fingerprint density at radius 1 is 1.12 bits per heavy atom. The van der Waals surface area contributed by atoms with Crippen molar-refractivity contribution < 1.29 is 4.74 Å². The number of methoxy groups -OCH3 is 1. The first kappa shape index (κ1) is 12.9. The molecule has 0 bridgehead atoms. The highest BCUT2D eigenvalue weighted by atomic mass is 35.5. The fourth-order valence-corrected chi connectivity index (χ4v) is 2.99. The topological polar surface area (TPSA) is 9.23 Å². The van der Waals surface area contributed by atoms with E-state index in [-0.39, 0.29) is 0 Å². The summed E-state index contributed by atoms with van der Waals surface area (Å²) in [5.41, 5.74) is 3.93. The maximum absolute atomic E-state index is 6.27. The van der Waals surface area contributed by atoms with E-state index in [4.69, 9.17) is 16.3 Å². The lowest BCUT2D eigenvalue weighted by atomic mass is 9.82. The SMILES string of the molecule is COC1CCC(c2cc(C)c(C)c(Cl)c2)CC1. The van der Waals surface area contributed by atoms with E-state index in [1.807, 2.05) is 7.11 Å². The molecule has 0 spiro atoms. The van der Waals surface area contributed by atoms with Gasteiger partial charge in [0, 0.05) is 12.1 Å². The zero-order valence-corrected chi connectivity index (χ0v) is 11.7. The van der Waals surface area contributed by atoms with E-state index < -0.39 is 0 Å². The largest absolute Gasteiger partial charge is 0.381 e. The van der Waals surface area contributed by atoms with Crippen molar-refractivity contribution in [1.82, 2.24) is 0 Å². The molecule has 0 radical (unpaired) electrons. The highest BCUT2D eigenvalue weighted by Gasteiger charge is 2.22. The summed E-state index contributed by atoms with van der Waals surface area (Å²) in [4.78, 5) is 0. The molecule has 2 rings (SSSR count). The zero-order chi connectivity index (χ0) is 12.4. The zero-order valence-electron chi connectivity index (χ0n) is 10.9. The van der Waals surface area contributed by atoms with E-state index in [0.717, 1.165) is 5.02 Å². The molecule has 0 aliphatic heterocycles. The number of halogens is 1. The Morgan fingerprint density at radius 3 is 2.29 bits per heavy atom. The van der Waals surface area contributed by atoms with Gasteiger partial charge < -0.3 is 4.74 Å². The molecular weight excluding hydrogens is 232 g/mol. The molecule has 1 aromatic rings. The van der Waals surface area contributed by atoms with Gasteiger partial charge in [0.1, 0.15) is 0 Å². The van der Waals surface area contributed by atoms with Gasteiger partial charge in [-0.25, -0.2) is 0 Å². The third kappa shape index (κ3) is 2.83. The Hall–Kier alpha value is -0.530. The van der Waals surface area contributed by atoms with Gasteiger partial charge in [0.25, 0.3) is 0 Å². The van der Waals surface area contributed by atoms with Gasteiger partial charge in [-0.3, -0.25) is 0 Å². The molecule has 0 saturated heterocycles. The van der Waals surface area contributed by atoms with Crippen LogP contribution in [0.25, 0.3) is 0 Å². The number of hydrogen-bond donors (Lipinski definition) is 0. The van der Waals surface area contributed by atoms with Crippen LogP contribution in [0.1, 0.15) is 48.3 Å². The van der Waals surface area contributed by atoms with Gasteiger partial charge in [-0.1, -0.05) is 17.7 Å². The lowest BCUT2D eigenvalue weighted by Crippen LogP contribution is -2.19. The van der Waals surface area contributed by atoms with Gasteiger partial charge >= 0.3 is 0 Å². The van der Waals surface area contributed by atoms with Crippen LogP contribution in [0.4, 0.5) is 0 Å². The molecule has 1 aliphatic rings. The molecule has 1 aromatic carbocycles. The van der Waals surface area contributed by atoms with Crippen LogP contribution in [0, 0.1) is 13.8 Å². The van der Waals surface area contributed by atoms with Crippen LogP contribution in [-0.4, -0.2) is 13.2 Å². The number of benzene rings is 1. The summed E-state index contributed by atoms with van der Waals surface area (Å²) in [6, 6.07) is 4.46. The molecule has 0 N–H and O–H groups in total. The van der Waals surface area contributed by atoms with Gasteiger partial charge in [0.2, 0.25) is 0 Å². The molecule has 0 heterocycles. The first-order chi connectivity index (χ1) is 8.11. The predicted octanol–water partition coefficient (Wildman–Crippen LogP) is 4.63. The summed E-state index contributed by atoms with van der Waals surface area (Å²) in [6.45, 7) is 4.23. The molecule has 17 heavy (non-hydrogen) atoms. The average molecular weight is 253 g/mol. The lowest BCUT2D eigenvalue weighted by molar-refractivity contribution is 0.0658. The maximum atomic E-state index is 6.27. The highest BCUT2D eigenvalue weighted by molar-refractivity contribution is 6.31. The summed E-state index contributed by atoms with van der Waals surface area (Å²) in [5, 5.41) is 0.911. The van der Waals surface area contributed by atoms with Gasteiger partial charge in [-0.05, 0) is 68.2 Å². The Bertz CT molecular complexity index is 369. The van der Waals surface area contributed by atoms with Gasteiger partial charge in [0.15, 0.2) is 0 Å². The van der Waals surface area contributed by atoms with E-state index in [1.54, 1.807) is 0 Å². The van der Waals surface area contributed by atoms with Gasteiger partial charge in [-0.2, -0.15) is 0 Å². The third-order valence-corrected chi connectivity index (χ3v) is 4.50. The van der Waals surface area contributed by atoms with Crippen LogP contribution in [0.2, 0.25) is 5.02 Å². The van der Waals surface area contributed by atoms with E-state index in [2.05, 4.69) is 26.0 Å². The first-order valence-corrected chi connectivity index (χ1v) is 6.79. The van der Waals surface area contributed by atoms with Crippen molar-refractivity contribution in [3.05, 3.63) is 33.8 Å². The molecular formula is C15H21ClO. The Labute approximate surface area is 109 Å². The first-order valence-electron chi connectivity index (χ1n) is 6.41. The van der Waals surface area contributed by atoms with E-state index in [9.17, 15) is 0 Å². The standard InChI is InChI=1S/C15H21ClO/c1-10-8-13(9-15(16)11(10)2)12-4-6-14(17-3)7-5-12/h8-9,12,14H,4-7H2,1-3H3. The summed E-state index contributed by atoms with van der Waals surface area (Å²) >= 11 is 6.27. The Kier molecular flexibility index (Phi) is 4.11. The molecule has 0 amide bonds. The molecule has 1 fully saturated rings. The number of hydrogen-bond acceptors (Lipinski definition) is 1. The minimum absolute atomic E-state index is 0.466. The monoisotopic (exact) mass is 252 g/mol. The lowest BCUT2D eigenvalue weighted by Gasteiger charge is -2.28. The van der Waals surface area contributed by atoms with Crippen molar-refractivity contribution in [2.24, 2.45) is 0 Å². The van der Waals surface area contributed by atoms with Crippen molar-refractivity contribution in [3.63, 3.8) is 0 Å². The Morgan fingerprint density at radius 2 is 1.76 bits per heavy atom. The second-order valence-corrected chi connectivity index (χ2v) is 5.56. The third-order valence-electron chi connectivity index (χ3n) is 4.11. The fourth-order valence-electron chi connectivity index (χ4n) is 2.71. The molecule has 1 aliphatic carbocycles. The number of aryl methyl sites for hydroxylation is 1. The second kappa shape index (κ2) is 5.41. The van der Waals surface area contributed by atoms with Crippen LogP contribution < -0.4 is 0 Å². The van der Waals surface area contributed by atoms with Crippen molar-refractivity contribution in [3.8, 4) is 0 Å². The van der Waals surface area contributed by atoms with Crippen LogP contribution in [0.15, 0.2) is 12.1 Å². The van der Waals surface area contributed by atoms with Crippen molar-refractivity contribution in [2.75, 3.05) is 7.11 Å². The molecule has 1 nitrogen and oxygen atoms in total. The minimum atomic E-state index is 0.466. The second-order valence-electron chi connectivity index (χ2n) is 5.15. The summed E-state index contributed by atoms with van der Waals surface area (Å²) < 4.78 is 5.42. The van der Waals surface area contributed by atoms with Crippen LogP contribution in [-0.2, 0) is 4.74 Å². The molecule has 0 unspecified atom stereocenters. The minimum Gasteiger partial charge on any atom is -0.381 e. The molecule has 0 aromatic heterocycles. The van der Waals surface area contributed by atoms with Crippen LogP contribution >= 0.6 is 11.6 Å². The van der Waals surface area contributed by atoms with Crippen molar-refractivity contribution >= 4 is 11.6 Å². The van der Waals surface area contributed by atoms with E-state index in [1.165, 1.54) is 42.4 Å². The molecule has 2 heteroatoms. The van der Waals surface area contributed by atoms with Crippen LogP contribution in [0.3, 0.4) is 0 Å². The predicted molar refractivity (Wildman–Crippen MR) is 72.9 cm³/mol. The fraction of sp³-hybridized carbons (Fsp3) is 0.600. The van der Waals surface area contributed by atoms with Crippen molar-refractivity contribution in [2.45, 2.75) is 51.6 Å². The van der Waals surface area contributed by atoms with Crippen LogP contribution in [0.5, 0.6) is 0 Å². The normalized spacial score (nSPS) is 24.9. The van der Waals surface area contributed by atoms with E-state index in [0.29, 0.717) is 12.0 Å². The molecule has 1 saturated carbocycles. The van der Waals surface area contributed by atoms with E-state index >= 15 is 0 Å². The average Bonchev–Trinajstić information content (AvgIpc) is 2.35. The Balaban J connectivity index is 2.13. The summed E-state index contributed by atoms with van der Waals surface area (Å²) in [5.74, 6) is 0.665.